The monoisotopic (exact) mass is 284 g/mol. The Kier molecular flexibility index (Phi) is 2.64. The molecular formula is C18H14F2O. The lowest BCUT2D eigenvalue weighted by Gasteiger charge is -2.30. The summed E-state index contributed by atoms with van der Waals surface area (Å²) in [6.07, 6.45) is -0.189. The molecule has 3 heteroatoms. The van der Waals surface area contributed by atoms with E-state index < -0.39 is 12.3 Å². The maximum absolute atomic E-state index is 14.1. The molecule has 1 aliphatic heterocycles. The van der Waals surface area contributed by atoms with Crippen molar-refractivity contribution in [1.82, 2.24) is 0 Å². The van der Waals surface area contributed by atoms with Crippen LogP contribution < -0.4 is 4.74 Å². The molecule has 0 N–H and O–H groups in total. The Labute approximate surface area is 121 Å². The van der Waals surface area contributed by atoms with Gasteiger partial charge in [0.2, 0.25) is 0 Å². The van der Waals surface area contributed by atoms with Gasteiger partial charge in [0.05, 0.1) is 0 Å². The van der Waals surface area contributed by atoms with Crippen LogP contribution in [0.5, 0.6) is 11.5 Å². The molecule has 2 aromatic carbocycles. The molecule has 1 nitrogen and oxygen atoms in total. The van der Waals surface area contributed by atoms with Gasteiger partial charge in [-0.05, 0) is 29.3 Å². The summed E-state index contributed by atoms with van der Waals surface area (Å²) in [5, 5.41) is 0. The molecule has 0 aromatic heterocycles. The third-order valence-electron chi connectivity index (χ3n) is 4.34. The van der Waals surface area contributed by atoms with Crippen molar-refractivity contribution in [3.8, 4) is 11.5 Å². The van der Waals surface area contributed by atoms with Gasteiger partial charge in [0, 0.05) is 17.0 Å². The van der Waals surface area contributed by atoms with Crippen molar-refractivity contribution < 1.29 is 13.5 Å². The van der Waals surface area contributed by atoms with Crippen LogP contribution in [0.3, 0.4) is 0 Å². The summed E-state index contributed by atoms with van der Waals surface area (Å²) in [5.74, 6) is 1.65. The van der Waals surface area contributed by atoms with E-state index in [1.165, 1.54) is 6.08 Å². The average Bonchev–Trinajstić information content (AvgIpc) is 2.51. The first-order valence-electron chi connectivity index (χ1n) is 7.06. The Morgan fingerprint density at radius 2 is 1.76 bits per heavy atom. The van der Waals surface area contributed by atoms with Crippen LogP contribution in [0.25, 0.3) is 6.08 Å². The minimum Gasteiger partial charge on any atom is -0.457 e. The fourth-order valence-electron chi connectivity index (χ4n) is 3.26. The number of hydrogen-bond acceptors (Lipinski definition) is 1. The fraction of sp³-hybridized carbons (Fsp3) is 0.222. The quantitative estimate of drug-likeness (QED) is 0.636. The fourth-order valence-corrected chi connectivity index (χ4v) is 3.26. The van der Waals surface area contributed by atoms with Crippen LogP contribution in [0, 0.1) is 0 Å². The predicted octanol–water partition coefficient (Wildman–Crippen LogP) is 5.32. The van der Waals surface area contributed by atoms with Gasteiger partial charge >= 0.3 is 0 Å². The zero-order chi connectivity index (χ0) is 14.6. The van der Waals surface area contributed by atoms with Crippen LogP contribution in [0.2, 0.25) is 0 Å². The Balaban J connectivity index is 1.93. The first-order chi connectivity index (χ1) is 10.2. The van der Waals surface area contributed by atoms with Crippen LogP contribution in [-0.4, -0.2) is 6.17 Å². The van der Waals surface area contributed by atoms with E-state index in [0.29, 0.717) is 5.56 Å². The van der Waals surface area contributed by atoms with Crippen molar-refractivity contribution in [3.63, 3.8) is 0 Å². The summed E-state index contributed by atoms with van der Waals surface area (Å²) in [6, 6.07) is 11.2. The highest BCUT2D eigenvalue weighted by atomic mass is 19.2. The second-order valence-electron chi connectivity index (χ2n) is 5.55. The Hall–Kier alpha value is -2.16. The van der Waals surface area contributed by atoms with Gasteiger partial charge in [-0.3, -0.25) is 0 Å². The average molecular weight is 284 g/mol. The standard InChI is InChI=1S/C18H14F2O/c1-10-11-4-2-3-5-15(11)21-16-9-7-13-12(17(10)16)6-8-14(19)18(13)20/h2-10,14,18H,1H3. The van der Waals surface area contributed by atoms with E-state index in [2.05, 4.69) is 6.92 Å². The van der Waals surface area contributed by atoms with Crippen molar-refractivity contribution in [1.29, 1.82) is 0 Å². The topological polar surface area (TPSA) is 9.23 Å². The minimum atomic E-state index is -1.60. The van der Waals surface area contributed by atoms with Gasteiger partial charge < -0.3 is 4.74 Å². The van der Waals surface area contributed by atoms with Gasteiger partial charge in [-0.2, -0.15) is 0 Å². The molecule has 1 aliphatic carbocycles. The van der Waals surface area contributed by atoms with Crippen molar-refractivity contribution >= 4 is 6.08 Å². The molecule has 1 heterocycles. The molecular weight excluding hydrogens is 270 g/mol. The number of halogens is 2. The molecule has 0 saturated carbocycles. The molecule has 0 spiro atoms. The first kappa shape index (κ1) is 12.6. The predicted molar refractivity (Wildman–Crippen MR) is 78.3 cm³/mol. The van der Waals surface area contributed by atoms with E-state index in [1.54, 1.807) is 18.2 Å². The second kappa shape index (κ2) is 4.42. The van der Waals surface area contributed by atoms with Crippen molar-refractivity contribution in [3.05, 3.63) is 64.7 Å². The van der Waals surface area contributed by atoms with E-state index in [4.69, 9.17) is 4.74 Å². The van der Waals surface area contributed by atoms with E-state index in [1.807, 2.05) is 24.3 Å². The lowest BCUT2D eigenvalue weighted by Crippen LogP contribution is -2.16. The number of ether oxygens (including phenoxy) is 1. The van der Waals surface area contributed by atoms with Gasteiger partial charge in [-0.15, -0.1) is 0 Å². The Bertz CT molecular complexity index is 751. The van der Waals surface area contributed by atoms with Gasteiger partial charge in [0.1, 0.15) is 11.5 Å². The molecule has 0 amide bonds. The third-order valence-corrected chi connectivity index (χ3v) is 4.34. The smallest absolute Gasteiger partial charge is 0.160 e. The van der Waals surface area contributed by atoms with E-state index in [-0.39, 0.29) is 5.92 Å². The largest absolute Gasteiger partial charge is 0.457 e. The van der Waals surface area contributed by atoms with Crippen molar-refractivity contribution in [2.75, 3.05) is 0 Å². The molecule has 0 bridgehead atoms. The molecule has 0 radical (unpaired) electrons. The minimum absolute atomic E-state index is 0.0907. The van der Waals surface area contributed by atoms with E-state index >= 15 is 0 Å². The van der Waals surface area contributed by atoms with Gasteiger partial charge in [0.25, 0.3) is 0 Å². The zero-order valence-corrected chi connectivity index (χ0v) is 11.5. The highest BCUT2D eigenvalue weighted by molar-refractivity contribution is 5.69. The molecule has 2 aliphatic rings. The summed E-state index contributed by atoms with van der Waals surface area (Å²) >= 11 is 0. The summed E-state index contributed by atoms with van der Waals surface area (Å²) < 4.78 is 33.6. The molecule has 106 valence electrons. The summed E-state index contributed by atoms with van der Waals surface area (Å²) in [5.41, 5.74) is 3.19. The third kappa shape index (κ3) is 1.73. The maximum Gasteiger partial charge on any atom is 0.160 e. The van der Waals surface area contributed by atoms with Crippen LogP contribution in [-0.2, 0) is 0 Å². The van der Waals surface area contributed by atoms with Gasteiger partial charge in [-0.1, -0.05) is 37.3 Å². The lowest BCUT2D eigenvalue weighted by molar-refractivity contribution is 0.206. The van der Waals surface area contributed by atoms with Crippen LogP contribution in [0.15, 0.2) is 42.5 Å². The highest BCUT2D eigenvalue weighted by Crippen LogP contribution is 2.48. The zero-order valence-electron chi connectivity index (χ0n) is 11.5. The molecule has 3 unspecified atom stereocenters. The lowest BCUT2D eigenvalue weighted by atomic mass is 9.81. The number of alkyl halides is 2. The SMILES string of the molecule is CC1c2ccccc2Oc2ccc3c(c21)C=CC(F)C3F. The Morgan fingerprint density at radius 3 is 2.62 bits per heavy atom. The Morgan fingerprint density at radius 1 is 0.952 bits per heavy atom. The van der Waals surface area contributed by atoms with Crippen LogP contribution in [0.4, 0.5) is 8.78 Å². The number of hydrogen-bond donors (Lipinski definition) is 0. The summed E-state index contributed by atoms with van der Waals surface area (Å²) in [4.78, 5) is 0. The highest BCUT2D eigenvalue weighted by Gasteiger charge is 2.32. The molecule has 0 saturated heterocycles. The van der Waals surface area contributed by atoms with E-state index in [9.17, 15) is 8.78 Å². The number of benzene rings is 2. The summed E-state index contributed by atoms with van der Waals surface area (Å²) in [6.45, 7) is 2.07. The molecule has 4 rings (SSSR count). The first-order valence-corrected chi connectivity index (χ1v) is 7.06. The number of rotatable bonds is 0. The molecule has 2 aromatic rings. The summed E-state index contributed by atoms with van der Waals surface area (Å²) in [7, 11) is 0. The normalized spacial score (nSPS) is 25.6. The van der Waals surface area contributed by atoms with Crippen LogP contribution >= 0.6 is 0 Å². The van der Waals surface area contributed by atoms with Crippen molar-refractivity contribution in [2.24, 2.45) is 0 Å². The van der Waals surface area contributed by atoms with Crippen molar-refractivity contribution in [2.45, 2.75) is 25.2 Å². The van der Waals surface area contributed by atoms with Gasteiger partial charge in [-0.25, -0.2) is 8.78 Å². The maximum atomic E-state index is 14.1. The molecule has 3 atom stereocenters. The molecule has 0 fully saturated rings. The van der Waals surface area contributed by atoms with Crippen LogP contribution in [0.1, 0.15) is 41.3 Å². The molecule has 21 heavy (non-hydrogen) atoms. The van der Waals surface area contributed by atoms with E-state index in [0.717, 1.165) is 28.2 Å². The second-order valence-corrected chi connectivity index (χ2v) is 5.55. The number of para-hydroxylation sites is 1. The number of fused-ring (bicyclic) bond motifs is 4. The van der Waals surface area contributed by atoms with Gasteiger partial charge in [0.15, 0.2) is 12.3 Å². The number of allylic oxidation sites excluding steroid dienone is 1.